The number of nitrogens with zero attached hydrogens (tertiary/aromatic N) is 1. The molecule has 0 saturated heterocycles. The predicted octanol–water partition coefficient (Wildman–Crippen LogP) is 2.11. The van der Waals surface area contributed by atoms with Crippen molar-refractivity contribution in [3.63, 3.8) is 0 Å². The minimum absolute atomic E-state index is 0.271. The predicted molar refractivity (Wildman–Crippen MR) is 53.8 cm³/mol. The van der Waals surface area contributed by atoms with E-state index in [4.69, 9.17) is 0 Å². The van der Waals surface area contributed by atoms with E-state index in [2.05, 4.69) is 15.6 Å². The Morgan fingerprint density at radius 3 is 3.00 bits per heavy atom. The van der Waals surface area contributed by atoms with Gasteiger partial charge in [0, 0.05) is 11.6 Å². The summed E-state index contributed by atoms with van der Waals surface area (Å²) in [5, 5.41) is 7.62. The van der Waals surface area contributed by atoms with Crippen LogP contribution in [0.3, 0.4) is 0 Å². The number of anilines is 1. The Morgan fingerprint density at radius 1 is 1.69 bits per heavy atom. The lowest BCUT2D eigenvalue weighted by Gasteiger charge is -1.98. The van der Waals surface area contributed by atoms with Crippen molar-refractivity contribution in [3.8, 4) is 0 Å². The quantitative estimate of drug-likeness (QED) is 0.762. The van der Waals surface area contributed by atoms with Crippen LogP contribution in [0.1, 0.15) is 12.6 Å². The Morgan fingerprint density at radius 2 is 2.46 bits per heavy atom. The molecule has 0 aromatic carbocycles. The van der Waals surface area contributed by atoms with Crippen molar-refractivity contribution in [1.82, 2.24) is 10.3 Å². The van der Waals surface area contributed by atoms with Gasteiger partial charge in [-0.2, -0.15) is 0 Å². The Hall–Kier alpha value is -1.36. The van der Waals surface area contributed by atoms with Crippen LogP contribution in [0.25, 0.3) is 0 Å². The zero-order chi connectivity index (χ0) is 9.68. The van der Waals surface area contributed by atoms with Gasteiger partial charge in [-0.1, -0.05) is 6.08 Å². The third kappa shape index (κ3) is 3.25. The van der Waals surface area contributed by atoms with Crippen LogP contribution in [0.5, 0.6) is 0 Å². The van der Waals surface area contributed by atoms with Crippen LogP contribution in [0, 0.1) is 6.92 Å². The number of aryl methyl sites for hydroxylation is 1. The fourth-order valence-electron chi connectivity index (χ4n) is 0.704. The summed E-state index contributed by atoms with van der Waals surface area (Å²) in [5.74, 6) is 0. The van der Waals surface area contributed by atoms with E-state index >= 15 is 0 Å². The van der Waals surface area contributed by atoms with E-state index in [1.54, 1.807) is 12.3 Å². The van der Waals surface area contributed by atoms with Crippen LogP contribution < -0.4 is 10.6 Å². The van der Waals surface area contributed by atoms with Crippen molar-refractivity contribution in [3.05, 3.63) is 23.3 Å². The topological polar surface area (TPSA) is 54.0 Å². The maximum Gasteiger partial charge on any atom is 0.324 e. The highest BCUT2D eigenvalue weighted by atomic mass is 32.1. The van der Waals surface area contributed by atoms with E-state index in [1.165, 1.54) is 11.3 Å². The zero-order valence-corrected chi connectivity index (χ0v) is 8.31. The highest BCUT2D eigenvalue weighted by Gasteiger charge is 2.01. The molecule has 0 atom stereocenters. The van der Waals surface area contributed by atoms with Gasteiger partial charge in [-0.15, -0.1) is 11.3 Å². The number of aromatic nitrogens is 1. The average Bonchev–Trinajstić information content (AvgIpc) is 2.48. The summed E-state index contributed by atoms with van der Waals surface area (Å²) < 4.78 is 0. The maximum atomic E-state index is 11.1. The molecule has 1 aromatic rings. The van der Waals surface area contributed by atoms with E-state index in [1.807, 2.05) is 19.2 Å². The molecule has 0 fully saturated rings. The molecule has 70 valence electrons. The molecule has 13 heavy (non-hydrogen) atoms. The number of hydrogen-bond donors (Lipinski definition) is 2. The standard InChI is InChI=1S/C8H11N3OS/c1-3-4-9-7(12)11-8-10-6(2)5-13-8/h3-5H,1-2H3,(H2,9,10,11,12)/b4-3+. The molecule has 0 radical (unpaired) electrons. The number of carbonyl (C=O) groups is 1. The lowest BCUT2D eigenvalue weighted by Crippen LogP contribution is -2.23. The number of urea groups is 1. The number of amides is 2. The smallest absolute Gasteiger partial charge is 0.315 e. The molecule has 0 aliphatic heterocycles. The first kappa shape index (κ1) is 9.73. The minimum atomic E-state index is -0.271. The summed E-state index contributed by atoms with van der Waals surface area (Å²) in [6, 6.07) is -0.271. The molecule has 2 amide bonds. The maximum absolute atomic E-state index is 11.1. The second kappa shape index (κ2) is 4.61. The Labute approximate surface area is 80.7 Å². The van der Waals surface area contributed by atoms with E-state index in [0.717, 1.165) is 5.69 Å². The number of thiazole rings is 1. The molecule has 1 rings (SSSR count). The molecule has 0 aliphatic rings. The molecule has 0 unspecified atom stereocenters. The SMILES string of the molecule is C/C=C/NC(=O)Nc1nc(C)cs1. The minimum Gasteiger partial charge on any atom is -0.315 e. The number of rotatable bonds is 2. The molecular weight excluding hydrogens is 186 g/mol. The zero-order valence-electron chi connectivity index (χ0n) is 7.50. The van der Waals surface area contributed by atoms with Gasteiger partial charge in [0.2, 0.25) is 0 Å². The van der Waals surface area contributed by atoms with Crippen molar-refractivity contribution in [2.75, 3.05) is 5.32 Å². The van der Waals surface area contributed by atoms with Crippen LogP contribution in [0.4, 0.5) is 9.93 Å². The normalized spacial score (nSPS) is 10.3. The molecule has 1 aromatic heterocycles. The summed E-state index contributed by atoms with van der Waals surface area (Å²) in [6.45, 7) is 3.71. The largest absolute Gasteiger partial charge is 0.324 e. The number of hydrogen-bond acceptors (Lipinski definition) is 3. The third-order valence-electron chi connectivity index (χ3n) is 1.22. The molecule has 4 nitrogen and oxygen atoms in total. The molecule has 0 saturated carbocycles. The Balaban J connectivity index is 2.45. The van der Waals surface area contributed by atoms with Crippen LogP contribution in [0.2, 0.25) is 0 Å². The highest BCUT2D eigenvalue weighted by molar-refractivity contribution is 7.13. The van der Waals surface area contributed by atoms with Crippen molar-refractivity contribution in [2.24, 2.45) is 0 Å². The van der Waals surface area contributed by atoms with E-state index < -0.39 is 0 Å². The van der Waals surface area contributed by atoms with Crippen LogP contribution in [-0.2, 0) is 0 Å². The summed E-state index contributed by atoms with van der Waals surface area (Å²) in [5.41, 5.74) is 0.909. The summed E-state index contributed by atoms with van der Waals surface area (Å²) in [7, 11) is 0. The second-order valence-corrected chi connectivity index (χ2v) is 3.25. The van der Waals surface area contributed by atoms with Gasteiger partial charge in [0.25, 0.3) is 0 Å². The third-order valence-corrected chi connectivity index (χ3v) is 2.10. The highest BCUT2D eigenvalue weighted by Crippen LogP contribution is 2.13. The van der Waals surface area contributed by atoms with Gasteiger partial charge in [-0.05, 0) is 13.8 Å². The molecule has 2 N–H and O–H groups in total. The summed E-state index contributed by atoms with van der Waals surface area (Å²) in [6.07, 6.45) is 3.31. The van der Waals surface area contributed by atoms with Crippen LogP contribution >= 0.6 is 11.3 Å². The van der Waals surface area contributed by atoms with Crippen LogP contribution in [-0.4, -0.2) is 11.0 Å². The fraction of sp³-hybridized carbons (Fsp3) is 0.250. The molecule has 0 aliphatic carbocycles. The first-order valence-electron chi connectivity index (χ1n) is 3.83. The summed E-state index contributed by atoms with van der Waals surface area (Å²) >= 11 is 1.40. The monoisotopic (exact) mass is 197 g/mol. The Bertz CT molecular complexity index is 319. The van der Waals surface area contributed by atoms with Gasteiger partial charge in [-0.3, -0.25) is 5.32 Å². The fourth-order valence-corrected chi connectivity index (χ4v) is 1.39. The lowest BCUT2D eigenvalue weighted by atomic mass is 10.6. The Kier molecular flexibility index (Phi) is 3.45. The second-order valence-electron chi connectivity index (χ2n) is 2.39. The summed E-state index contributed by atoms with van der Waals surface area (Å²) in [4.78, 5) is 15.2. The average molecular weight is 197 g/mol. The van der Waals surface area contributed by atoms with Gasteiger partial charge in [-0.25, -0.2) is 9.78 Å². The van der Waals surface area contributed by atoms with Crippen LogP contribution in [0.15, 0.2) is 17.7 Å². The molecule has 5 heteroatoms. The lowest BCUT2D eigenvalue weighted by molar-refractivity contribution is 0.255. The van der Waals surface area contributed by atoms with Gasteiger partial charge >= 0.3 is 6.03 Å². The first-order valence-corrected chi connectivity index (χ1v) is 4.71. The molecule has 0 bridgehead atoms. The molecule has 1 heterocycles. The van der Waals surface area contributed by atoms with Crippen molar-refractivity contribution in [2.45, 2.75) is 13.8 Å². The van der Waals surface area contributed by atoms with Crippen molar-refractivity contribution < 1.29 is 4.79 Å². The van der Waals surface area contributed by atoms with Crippen molar-refractivity contribution >= 4 is 22.5 Å². The van der Waals surface area contributed by atoms with E-state index in [0.29, 0.717) is 5.13 Å². The number of carbonyl (C=O) groups excluding carboxylic acids is 1. The number of nitrogens with one attached hydrogen (secondary N) is 2. The van der Waals surface area contributed by atoms with E-state index in [9.17, 15) is 4.79 Å². The van der Waals surface area contributed by atoms with Gasteiger partial charge in [0.1, 0.15) is 0 Å². The number of allylic oxidation sites excluding steroid dienone is 1. The molecule has 0 spiro atoms. The van der Waals surface area contributed by atoms with E-state index in [-0.39, 0.29) is 6.03 Å². The van der Waals surface area contributed by atoms with Gasteiger partial charge < -0.3 is 5.32 Å². The van der Waals surface area contributed by atoms with Gasteiger partial charge in [0.05, 0.1) is 5.69 Å². The van der Waals surface area contributed by atoms with Crippen molar-refractivity contribution in [1.29, 1.82) is 0 Å². The van der Waals surface area contributed by atoms with Gasteiger partial charge in [0.15, 0.2) is 5.13 Å². The molecular formula is C8H11N3OS. The first-order chi connectivity index (χ1) is 6.22.